The number of H-pyrrole nitrogens is 1. The molecule has 0 amide bonds. The summed E-state index contributed by atoms with van der Waals surface area (Å²) in [7, 11) is 0. The highest BCUT2D eigenvalue weighted by Gasteiger charge is 2.27. The fraction of sp³-hybridized carbons (Fsp3) is 0.227. The Morgan fingerprint density at radius 1 is 1.24 bits per heavy atom. The van der Waals surface area contributed by atoms with E-state index in [0.29, 0.717) is 16.1 Å². The summed E-state index contributed by atoms with van der Waals surface area (Å²) in [6.07, 6.45) is 3.85. The lowest BCUT2D eigenvalue weighted by Crippen LogP contribution is -2.23. The lowest BCUT2D eigenvalue weighted by atomic mass is 10.1. The maximum Gasteiger partial charge on any atom is 0.189 e. The Morgan fingerprint density at radius 3 is 3.03 bits per heavy atom. The molecule has 3 aromatic heterocycles. The van der Waals surface area contributed by atoms with E-state index >= 15 is 0 Å². The quantitative estimate of drug-likeness (QED) is 0.494. The van der Waals surface area contributed by atoms with E-state index in [-0.39, 0.29) is 0 Å². The van der Waals surface area contributed by atoms with Crippen LogP contribution in [0, 0.1) is 11.3 Å². The molecule has 5 rings (SSSR count). The number of likely N-dealkylation sites (tertiary alicyclic amines) is 1. The molecule has 0 bridgehead atoms. The lowest BCUT2D eigenvalue weighted by molar-refractivity contribution is 0.242. The molecule has 2 N–H and O–H groups in total. The number of nitrogens with zero attached hydrogens (tertiary/aromatic N) is 4. The normalized spacial score (nSPS) is 16.9. The second-order valence-corrected chi connectivity index (χ2v) is 8.26. The van der Waals surface area contributed by atoms with Crippen LogP contribution in [-0.4, -0.2) is 26.4 Å². The minimum Gasteiger partial charge on any atom is -0.357 e. The van der Waals surface area contributed by atoms with E-state index in [9.17, 15) is 0 Å². The number of aromatic nitrogens is 3. The molecule has 1 aromatic carbocycles. The largest absolute Gasteiger partial charge is 0.357 e. The summed E-state index contributed by atoms with van der Waals surface area (Å²) < 4.78 is 0. The molecule has 1 saturated heterocycles. The number of rotatable bonds is 5. The highest BCUT2D eigenvalue weighted by molar-refractivity contribution is 7.16. The summed E-state index contributed by atoms with van der Waals surface area (Å²) in [5, 5.41) is 14.1. The van der Waals surface area contributed by atoms with Gasteiger partial charge in [0.25, 0.3) is 0 Å². The van der Waals surface area contributed by atoms with Crippen LogP contribution in [0.1, 0.15) is 35.1 Å². The van der Waals surface area contributed by atoms with Gasteiger partial charge in [-0.2, -0.15) is 5.26 Å². The molecule has 0 spiro atoms. The number of aromatic amines is 1. The predicted molar refractivity (Wildman–Crippen MR) is 115 cm³/mol. The van der Waals surface area contributed by atoms with Gasteiger partial charge in [0.05, 0.1) is 17.9 Å². The molecule has 1 fully saturated rings. The number of fused-ring (bicyclic) bond motifs is 1. The minimum atomic E-state index is 0.300. The zero-order valence-corrected chi connectivity index (χ0v) is 16.6. The maximum atomic E-state index is 8.97. The van der Waals surface area contributed by atoms with Gasteiger partial charge >= 0.3 is 0 Å². The van der Waals surface area contributed by atoms with Crippen LogP contribution in [0.3, 0.4) is 0 Å². The van der Waals surface area contributed by atoms with Gasteiger partial charge in [0.1, 0.15) is 16.8 Å². The SMILES string of the molecule is N#Cc1cnc(Nc2cccc([C@@H]3CCCN3Cc3cc4ccccc4[nH]3)n2)s1. The van der Waals surface area contributed by atoms with Crippen LogP contribution in [0.5, 0.6) is 0 Å². The zero-order valence-electron chi connectivity index (χ0n) is 15.8. The Bertz CT molecular complexity index is 1150. The van der Waals surface area contributed by atoms with Crippen LogP contribution in [0.25, 0.3) is 10.9 Å². The number of hydrogen-bond donors (Lipinski definition) is 2. The van der Waals surface area contributed by atoms with Gasteiger partial charge in [-0.15, -0.1) is 0 Å². The van der Waals surface area contributed by atoms with E-state index in [1.807, 2.05) is 12.1 Å². The Morgan fingerprint density at radius 2 is 2.17 bits per heavy atom. The number of thiazole rings is 1. The van der Waals surface area contributed by atoms with Crippen molar-refractivity contribution in [2.75, 3.05) is 11.9 Å². The Balaban J connectivity index is 1.34. The van der Waals surface area contributed by atoms with Gasteiger partial charge in [0.2, 0.25) is 0 Å². The molecule has 1 aliphatic rings. The van der Waals surface area contributed by atoms with Crippen molar-refractivity contribution in [1.82, 2.24) is 19.9 Å². The fourth-order valence-electron chi connectivity index (χ4n) is 3.99. The topological polar surface area (TPSA) is 80.6 Å². The number of nitrogens with one attached hydrogen (secondary N) is 2. The number of nitriles is 1. The van der Waals surface area contributed by atoms with Crippen molar-refractivity contribution >= 4 is 33.2 Å². The van der Waals surface area contributed by atoms with Gasteiger partial charge in [-0.3, -0.25) is 4.90 Å². The van der Waals surface area contributed by atoms with Gasteiger partial charge in [-0.25, -0.2) is 9.97 Å². The number of hydrogen-bond acceptors (Lipinski definition) is 6. The third-order valence-electron chi connectivity index (χ3n) is 5.29. The first-order valence-electron chi connectivity index (χ1n) is 9.69. The van der Waals surface area contributed by atoms with E-state index < -0.39 is 0 Å². The van der Waals surface area contributed by atoms with Crippen LogP contribution < -0.4 is 5.32 Å². The second-order valence-electron chi connectivity index (χ2n) is 7.22. The molecule has 0 unspecified atom stereocenters. The molecule has 4 aromatic rings. The molecule has 29 heavy (non-hydrogen) atoms. The minimum absolute atomic E-state index is 0.300. The van der Waals surface area contributed by atoms with E-state index in [1.165, 1.54) is 34.4 Å². The van der Waals surface area contributed by atoms with Crippen molar-refractivity contribution in [3.05, 3.63) is 71.0 Å². The molecule has 4 heterocycles. The van der Waals surface area contributed by atoms with E-state index in [2.05, 4.69) is 62.7 Å². The summed E-state index contributed by atoms with van der Waals surface area (Å²) in [6.45, 7) is 1.95. The van der Waals surface area contributed by atoms with Crippen molar-refractivity contribution in [2.45, 2.75) is 25.4 Å². The van der Waals surface area contributed by atoms with E-state index in [0.717, 1.165) is 31.0 Å². The average molecular weight is 401 g/mol. The summed E-state index contributed by atoms with van der Waals surface area (Å²) in [6, 6.07) is 19.1. The fourth-order valence-corrected chi connectivity index (χ4v) is 4.61. The smallest absolute Gasteiger partial charge is 0.189 e. The summed E-state index contributed by atoms with van der Waals surface area (Å²) in [5.74, 6) is 0.763. The van der Waals surface area contributed by atoms with E-state index in [1.54, 1.807) is 6.20 Å². The predicted octanol–water partition coefficient (Wildman–Crippen LogP) is 4.97. The van der Waals surface area contributed by atoms with Gasteiger partial charge in [0.15, 0.2) is 5.13 Å². The molecule has 1 atom stereocenters. The molecular weight excluding hydrogens is 380 g/mol. The summed E-state index contributed by atoms with van der Waals surface area (Å²) in [5.41, 5.74) is 3.49. The first-order valence-corrected chi connectivity index (χ1v) is 10.5. The molecule has 6 nitrogen and oxygen atoms in total. The van der Waals surface area contributed by atoms with Crippen LogP contribution in [-0.2, 0) is 6.54 Å². The van der Waals surface area contributed by atoms with E-state index in [4.69, 9.17) is 10.2 Å². The Labute approximate surface area is 172 Å². The third-order valence-corrected chi connectivity index (χ3v) is 6.10. The van der Waals surface area contributed by atoms with Gasteiger partial charge in [0, 0.05) is 17.8 Å². The molecule has 0 aliphatic carbocycles. The molecule has 1 aliphatic heterocycles. The maximum absolute atomic E-state index is 8.97. The monoisotopic (exact) mass is 400 g/mol. The molecular formula is C22H20N6S. The van der Waals surface area contributed by atoms with Crippen molar-refractivity contribution < 1.29 is 0 Å². The standard InChI is InChI=1S/C22H20N6S/c23-12-17-13-24-22(29-17)27-21-9-3-7-19(26-21)20-8-4-10-28(20)14-16-11-15-5-1-2-6-18(15)25-16/h1-3,5-7,9,11,13,20,25H,4,8,10,14H2,(H,24,26,27)/t20-/m0/s1. The first-order chi connectivity index (χ1) is 14.3. The van der Waals surface area contributed by atoms with Crippen molar-refractivity contribution in [3.8, 4) is 6.07 Å². The molecule has 7 heteroatoms. The highest BCUT2D eigenvalue weighted by atomic mass is 32.1. The number of para-hydroxylation sites is 1. The van der Waals surface area contributed by atoms with Crippen LogP contribution in [0.2, 0.25) is 0 Å². The lowest BCUT2D eigenvalue weighted by Gasteiger charge is -2.23. The first kappa shape index (κ1) is 17.9. The zero-order chi connectivity index (χ0) is 19.6. The molecule has 144 valence electrons. The average Bonchev–Trinajstić information content (AvgIpc) is 3.47. The summed E-state index contributed by atoms with van der Waals surface area (Å²) in [4.78, 5) is 15.7. The number of anilines is 2. The summed E-state index contributed by atoms with van der Waals surface area (Å²) >= 11 is 1.33. The Kier molecular flexibility index (Phi) is 4.72. The van der Waals surface area contributed by atoms with Crippen LogP contribution >= 0.6 is 11.3 Å². The third kappa shape index (κ3) is 3.73. The van der Waals surface area contributed by atoms with Crippen LogP contribution in [0.15, 0.2) is 54.7 Å². The van der Waals surface area contributed by atoms with Crippen molar-refractivity contribution in [2.24, 2.45) is 0 Å². The second kappa shape index (κ2) is 7.66. The van der Waals surface area contributed by atoms with Crippen molar-refractivity contribution in [1.29, 1.82) is 5.26 Å². The van der Waals surface area contributed by atoms with Gasteiger partial charge < -0.3 is 10.3 Å². The highest BCUT2D eigenvalue weighted by Crippen LogP contribution is 2.33. The molecule has 0 saturated carbocycles. The Hall–Kier alpha value is -3.21. The van der Waals surface area contributed by atoms with Crippen molar-refractivity contribution in [3.63, 3.8) is 0 Å². The van der Waals surface area contributed by atoms with Crippen LogP contribution in [0.4, 0.5) is 10.9 Å². The number of benzene rings is 1. The van der Waals surface area contributed by atoms with Gasteiger partial charge in [-0.1, -0.05) is 35.6 Å². The molecule has 0 radical (unpaired) electrons. The van der Waals surface area contributed by atoms with Gasteiger partial charge in [-0.05, 0) is 49.0 Å². The number of pyridine rings is 1.